The van der Waals surface area contributed by atoms with Crippen LogP contribution in [0.15, 0.2) is 60.7 Å². The lowest BCUT2D eigenvalue weighted by atomic mass is 10.1. The number of ether oxygens (including phenoxy) is 1. The molecule has 0 amide bonds. The normalized spacial score (nSPS) is 22.9. The Balaban J connectivity index is 1.77. The van der Waals surface area contributed by atoms with Crippen molar-refractivity contribution >= 4 is 5.97 Å². The van der Waals surface area contributed by atoms with E-state index in [1.54, 1.807) is 0 Å². The lowest BCUT2D eigenvalue weighted by molar-refractivity contribution is -0.151. The van der Waals surface area contributed by atoms with Crippen LogP contribution in [0.25, 0.3) is 0 Å². The molecule has 3 rings (SSSR count). The fourth-order valence-corrected chi connectivity index (χ4v) is 3.59. The fraction of sp³-hybridized carbons (Fsp3) is 0.381. The van der Waals surface area contributed by atoms with Crippen molar-refractivity contribution in [3.63, 3.8) is 0 Å². The van der Waals surface area contributed by atoms with Crippen molar-refractivity contribution in [3.8, 4) is 0 Å². The van der Waals surface area contributed by atoms with Crippen LogP contribution in [0.2, 0.25) is 0 Å². The molecule has 0 unspecified atom stereocenters. The van der Waals surface area contributed by atoms with Gasteiger partial charge in [-0.1, -0.05) is 60.7 Å². The third kappa shape index (κ3) is 4.68. The predicted octanol–water partition coefficient (Wildman–Crippen LogP) is 3.14. The van der Waals surface area contributed by atoms with Gasteiger partial charge in [0, 0.05) is 26.1 Å². The highest BCUT2D eigenvalue weighted by atomic mass is 16.6. The lowest BCUT2D eigenvalue weighted by Gasteiger charge is -2.32. The zero-order valence-electron chi connectivity index (χ0n) is 14.5. The van der Waals surface area contributed by atoms with Gasteiger partial charge in [0.15, 0.2) is 0 Å². The van der Waals surface area contributed by atoms with E-state index < -0.39 is 12.2 Å². The Morgan fingerprint density at radius 2 is 1.52 bits per heavy atom. The number of rotatable bonds is 6. The average molecular weight is 339 g/mol. The minimum absolute atomic E-state index is 0.0234. The summed E-state index contributed by atoms with van der Waals surface area (Å²) in [4.78, 5) is 13.5. The molecular weight excluding hydrogens is 314 g/mol. The highest BCUT2D eigenvalue weighted by molar-refractivity contribution is 5.66. The topological polar surface area (TPSA) is 49.8 Å². The maximum absolute atomic E-state index is 11.3. The van der Waals surface area contributed by atoms with E-state index in [4.69, 9.17) is 4.74 Å². The monoisotopic (exact) mass is 339 g/mol. The van der Waals surface area contributed by atoms with Crippen molar-refractivity contribution in [2.75, 3.05) is 0 Å². The maximum Gasteiger partial charge on any atom is 0.302 e. The quantitative estimate of drug-likeness (QED) is 0.822. The molecule has 0 radical (unpaired) electrons. The summed E-state index contributed by atoms with van der Waals surface area (Å²) in [6.45, 7) is 2.90. The second-order valence-corrected chi connectivity index (χ2v) is 6.66. The van der Waals surface area contributed by atoms with Gasteiger partial charge in [-0.25, -0.2) is 0 Å². The molecule has 0 heterocycles. The number of nitrogens with zero attached hydrogens (tertiary/aromatic N) is 1. The highest BCUT2D eigenvalue weighted by Crippen LogP contribution is 2.29. The molecule has 0 spiro atoms. The van der Waals surface area contributed by atoms with E-state index in [1.165, 1.54) is 18.1 Å². The molecule has 0 aromatic heterocycles. The third-order valence-electron chi connectivity index (χ3n) is 4.77. The smallest absolute Gasteiger partial charge is 0.302 e. The SMILES string of the molecule is CC(=O)O[C@@H]1CC[C@@H](N(Cc2ccccc2)Cc2ccccc2)[C@H]1O. The number of hydrogen-bond acceptors (Lipinski definition) is 4. The number of hydrogen-bond donors (Lipinski definition) is 1. The third-order valence-corrected chi connectivity index (χ3v) is 4.77. The largest absolute Gasteiger partial charge is 0.460 e. The summed E-state index contributed by atoms with van der Waals surface area (Å²) >= 11 is 0. The summed E-state index contributed by atoms with van der Waals surface area (Å²) < 4.78 is 5.29. The van der Waals surface area contributed by atoms with E-state index in [0.717, 1.165) is 19.5 Å². The first kappa shape index (κ1) is 17.6. The van der Waals surface area contributed by atoms with Crippen LogP contribution in [0.1, 0.15) is 30.9 Å². The number of esters is 1. The molecule has 1 aliphatic rings. The van der Waals surface area contributed by atoms with Crippen LogP contribution in [0.4, 0.5) is 0 Å². The van der Waals surface area contributed by atoms with Crippen molar-refractivity contribution in [3.05, 3.63) is 71.8 Å². The Morgan fingerprint density at radius 3 is 2.00 bits per heavy atom. The Kier molecular flexibility index (Phi) is 5.84. The highest BCUT2D eigenvalue weighted by Gasteiger charge is 2.40. The van der Waals surface area contributed by atoms with E-state index >= 15 is 0 Å². The van der Waals surface area contributed by atoms with Gasteiger partial charge in [0.05, 0.1) is 0 Å². The Morgan fingerprint density at radius 1 is 1.00 bits per heavy atom. The number of carbonyl (C=O) groups excluding carboxylic acids is 1. The van der Waals surface area contributed by atoms with Crippen molar-refractivity contribution in [2.45, 2.75) is 51.1 Å². The first-order valence-corrected chi connectivity index (χ1v) is 8.80. The van der Waals surface area contributed by atoms with Crippen molar-refractivity contribution in [1.82, 2.24) is 4.90 Å². The molecule has 0 saturated heterocycles. The first-order chi connectivity index (χ1) is 12.1. The van der Waals surface area contributed by atoms with Crippen LogP contribution >= 0.6 is 0 Å². The Hall–Kier alpha value is -2.17. The minimum atomic E-state index is -0.656. The number of aliphatic hydroxyl groups excluding tert-OH is 1. The van der Waals surface area contributed by atoms with Crippen LogP contribution in [0.5, 0.6) is 0 Å². The summed E-state index contributed by atoms with van der Waals surface area (Å²) in [5, 5.41) is 10.7. The lowest BCUT2D eigenvalue weighted by Crippen LogP contribution is -2.43. The van der Waals surface area contributed by atoms with Crippen LogP contribution in [-0.2, 0) is 22.6 Å². The molecule has 2 aromatic rings. The Labute approximate surface area is 149 Å². The van der Waals surface area contributed by atoms with Gasteiger partial charge in [-0.05, 0) is 24.0 Å². The van der Waals surface area contributed by atoms with Gasteiger partial charge < -0.3 is 9.84 Å². The molecule has 2 aromatic carbocycles. The number of carbonyl (C=O) groups is 1. The van der Waals surface area contributed by atoms with E-state index in [2.05, 4.69) is 29.2 Å². The second kappa shape index (κ2) is 8.28. The molecule has 1 aliphatic carbocycles. The van der Waals surface area contributed by atoms with Crippen LogP contribution in [-0.4, -0.2) is 34.2 Å². The summed E-state index contributed by atoms with van der Waals surface area (Å²) in [5.41, 5.74) is 2.42. The van der Waals surface area contributed by atoms with Gasteiger partial charge in [-0.15, -0.1) is 0 Å². The number of aliphatic hydroxyl groups is 1. The van der Waals surface area contributed by atoms with Crippen LogP contribution in [0, 0.1) is 0 Å². The zero-order valence-corrected chi connectivity index (χ0v) is 14.5. The minimum Gasteiger partial charge on any atom is -0.460 e. The van der Waals surface area contributed by atoms with Gasteiger partial charge in [-0.2, -0.15) is 0 Å². The second-order valence-electron chi connectivity index (χ2n) is 6.66. The van der Waals surface area contributed by atoms with Gasteiger partial charge in [0.25, 0.3) is 0 Å². The molecule has 132 valence electrons. The number of benzene rings is 2. The summed E-state index contributed by atoms with van der Waals surface area (Å²) in [6, 6.07) is 20.5. The molecule has 1 fully saturated rings. The molecule has 25 heavy (non-hydrogen) atoms. The van der Waals surface area contributed by atoms with E-state index in [1.807, 2.05) is 36.4 Å². The molecule has 4 nitrogen and oxygen atoms in total. The van der Waals surface area contributed by atoms with Gasteiger partial charge in [-0.3, -0.25) is 9.69 Å². The maximum atomic E-state index is 11.3. The van der Waals surface area contributed by atoms with Crippen LogP contribution < -0.4 is 0 Å². The summed E-state index contributed by atoms with van der Waals surface area (Å²) in [5.74, 6) is -0.331. The standard InChI is InChI=1S/C21H25NO3/c1-16(23)25-20-13-12-19(21(20)24)22(14-17-8-4-2-5-9-17)15-18-10-6-3-7-11-18/h2-11,19-21,24H,12-15H2,1H3/t19-,20-,21-/m1/s1. The predicted molar refractivity (Wildman–Crippen MR) is 96.7 cm³/mol. The van der Waals surface area contributed by atoms with Crippen molar-refractivity contribution < 1.29 is 14.6 Å². The average Bonchev–Trinajstić information content (AvgIpc) is 2.96. The van der Waals surface area contributed by atoms with E-state index in [9.17, 15) is 9.90 Å². The molecule has 0 aliphatic heterocycles. The fourth-order valence-electron chi connectivity index (χ4n) is 3.59. The molecule has 1 N–H and O–H groups in total. The molecule has 1 saturated carbocycles. The van der Waals surface area contributed by atoms with E-state index in [0.29, 0.717) is 6.42 Å². The summed E-state index contributed by atoms with van der Waals surface area (Å²) in [6.07, 6.45) is 0.456. The molecule has 4 heteroatoms. The van der Waals surface area contributed by atoms with E-state index in [-0.39, 0.29) is 12.0 Å². The molecular formula is C21H25NO3. The summed E-state index contributed by atoms with van der Waals surface area (Å²) in [7, 11) is 0. The first-order valence-electron chi connectivity index (χ1n) is 8.80. The van der Waals surface area contributed by atoms with Gasteiger partial charge in [0.1, 0.15) is 12.2 Å². The van der Waals surface area contributed by atoms with Crippen molar-refractivity contribution in [2.24, 2.45) is 0 Å². The van der Waals surface area contributed by atoms with Crippen molar-refractivity contribution in [1.29, 1.82) is 0 Å². The molecule has 3 atom stereocenters. The Bertz CT molecular complexity index is 633. The molecule has 0 bridgehead atoms. The van der Waals surface area contributed by atoms with Gasteiger partial charge >= 0.3 is 5.97 Å². The zero-order chi connectivity index (χ0) is 17.6. The van der Waals surface area contributed by atoms with Gasteiger partial charge in [0.2, 0.25) is 0 Å². The van der Waals surface area contributed by atoms with Crippen LogP contribution in [0.3, 0.4) is 0 Å².